The number of rotatable bonds is 5. The number of aromatic nitrogens is 6. The number of nitrogens with zero attached hydrogens (tertiary/aromatic N) is 6. The van der Waals surface area contributed by atoms with Crippen LogP contribution < -0.4 is 0 Å². The monoisotopic (exact) mass is 535 g/mol. The fraction of sp³-hybridized carbons (Fsp3) is 0.323. The molecular weight excluding hydrogens is 502 g/mol. The molecule has 9 heteroatoms. The quantitative estimate of drug-likeness (QED) is 0.316. The highest BCUT2D eigenvalue weighted by molar-refractivity contribution is 5.77. The Hall–Kier alpha value is -4.53. The van der Waals surface area contributed by atoms with E-state index in [1.807, 2.05) is 64.2 Å². The zero-order chi connectivity index (χ0) is 27.9. The van der Waals surface area contributed by atoms with Crippen molar-refractivity contribution < 1.29 is 9.53 Å². The summed E-state index contributed by atoms with van der Waals surface area (Å²) in [5, 5.41) is 4.29. The minimum Gasteiger partial charge on any atom is -0.444 e. The van der Waals surface area contributed by atoms with E-state index < -0.39 is 5.60 Å². The predicted molar refractivity (Wildman–Crippen MR) is 153 cm³/mol. The molecule has 40 heavy (non-hydrogen) atoms. The van der Waals surface area contributed by atoms with E-state index in [1.54, 1.807) is 15.7 Å². The molecule has 0 radical (unpaired) electrons. The third-order valence-corrected chi connectivity index (χ3v) is 7.03. The lowest BCUT2D eigenvalue weighted by atomic mass is 9.96. The third kappa shape index (κ3) is 5.45. The highest BCUT2D eigenvalue weighted by Gasteiger charge is 2.26. The van der Waals surface area contributed by atoms with Crippen molar-refractivity contribution in [1.29, 1.82) is 0 Å². The molecule has 0 fully saturated rings. The number of pyridine rings is 2. The lowest BCUT2D eigenvalue weighted by Gasteiger charge is -2.31. The summed E-state index contributed by atoms with van der Waals surface area (Å²) < 4.78 is 7.36. The number of hydrogen-bond acceptors (Lipinski definition) is 6. The number of H-pyrrole nitrogens is 1. The minimum atomic E-state index is -0.505. The van der Waals surface area contributed by atoms with Crippen LogP contribution in [0.4, 0.5) is 4.79 Å². The van der Waals surface area contributed by atoms with Gasteiger partial charge in [-0.3, -0.25) is 4.98 Å². The fourth-order valence-electron chi connectivity index (χ4n) is 5.09. The molecule has 1 amide bonds. The van der Waals surface area contributed by atoms with E-state index in [2.05, 4.69) is 33.3 Å². The molecule has 204 valence electrons. The predicted octanol–water partition coefficient (Wildman–Crippen LogP) is 5.57. The molecule has 5 aromatic rings. The van der Waals surface area contributed by atoms with E-state index in [-0.39, 0.29) is 6.09 Å². The van der Waals surface area contributed by atoms with Gasteiger partial charge in [0.1, 0.15) is 17.8 Å². The van der Waals surface area contributed by atoms with Crippen LogP contribution in [0.5, 0.6) is 0 Å². The number of hydrogen-bond donors (Lipinski definition) is 1. The van der Waals surface area contributed by atoms with Crippen LogP contribution in [0.2, 0.25) is 0 Å². The topological polar surface area (TPSA) is 101 Å². The number of aromatic amines is 1. The maximum absolute atomic E-state index is 12.6. The number of ether oxygens (including phenoxy) is 1. The molecule has 0 saturated carbocycles. The van der Waals surface area contributed by atoms with E-state index in [4.69, 9.17) is 14.7 Å². The first-order chi connectivity index (χ1) is 19.2. The Morgan fingerprint density at radius 1 is 1.05 bits per heavy atom. The van der Waals surface area contributed by atoms with Gasteiger partial charge in [-0.2, -0.15) is 5.10 Å². The zero-order valence-corrected chi connectivity index (χ0v) is 23.3. The van der Waals surface area contributed by atoms with Crippen molar-refractivity contribution in [2.45, 2.75) is 59.1 Å². The lowest BCUT2D eigenvalue weighted by molar-refractivity contribution is 0.0224. The van der Waals surface area contributed by atoms with Crippen LogP contribution in [-0.4, -0.2) is 52.7 Å². The van der Waals surface area contributed by atoms with Crippen molar-refractivity contribution in [2.75, 3.05) is 6.54 Å². The average molecular weight is 536 g/mol. The molecular formula is C31H33N7O2. The lowest BCUT2D eigenvalue weighted by Crippen LogP contribution is -2.39. The molecule has 0 atom stereocenters. The summed E-state index contributed by atoms with van der Waals surface area (Å²) in [5.74, 6) is 0.889. The molecule has 0 spiro atoms. The Kier molecular flexibility index (Phi) is 6.57. The van der Waals surface area contributed by atoms with E-state index in [0.29, 0.717) is 13.1 Å². The highest BCUT2D eigenvalue weighted by Crippen LogP contribution is 2.30. The van der Waals surface area contributed by atoms with Gasteiger partial charge in [0, 0.05) is 37.0 Å². The van der Waals surface area contributed by atoms with Gasteiger partial charge in [0.2, 0.25) is 0 Å². The number of imidazole rings is 1. The SMILES string of the molecule is Cc1cccc(-c2[nH]c(CCc3ccc4c(c3)CN(C(=O)OC(C)(C)C)CC4)nc2-c2ccc3ncnn3c2)n1. The minimum absolute atomic E-state index is 0.256. The Morgan fingerprint density at radius 2 is 1.93 bits per heavy atom. The van der Waals surface area contributed by atoms with Crippen molar-refractivity contribution >= 4 is 11.7 Å². The molecule has 1 aliphatic rings. The van der Waals surface area contributed by atoms with E-state index in [1.165, 1.54) is 16.7 Å². The molecule has 0 saturated heterocycles. The number of fused-ring (bicyclic) bond motifs is 2. The maximum Gasteiger partial charge on any atom is 0.410 e. The first-order valence-electron chi connectivity index (χ1n) is 13.6. The normalized spacial score (nSPS) is 13.4. The van der Waals surface area contributed by atoms with E-state index in [9.17, 15) is 4.79 Å². The smallest absolute Gasteiger partial charge is 0.410 e. The summed E-state index contributed by atoms with van der Waals surface area (Å²) in [4.78, 5) is 32.0. The molecule has 6 rings (SSSR count). The largest absolute Gasteiger partial charge is 0.444 e. The molecule has 0 unspecified atom stereocenters. The molecule has 1 aromatic carbocycles. The maximum atomic E-state index is 12.6. The second-order valence-electron chi connectivity index (χ2n) is 11.3. The second-order valence-corrected chi connectivity index (χ2v) is 11.3. The number of carbonyl (C=O) groups excluding carboxylic acids is 1. The van der Waals surface area contributed by atoms with Gasteiger partial charge >= 0.3 is 6.09 Å². The van der Waals surface area contributed by atoms with Gasteiger partial charge in [0.05, 0.1) is 17.1 Å². The molecule has 4 aromatic heterocycles. The van der Waals surface area contributed by atoms with Gasteiger partial charge in [-0.05, 0) is 81.5 Å². The van der Waals surface area contributed by atoms with Crippen LogP contribution in [0.25, 0.3) is 28.3 Å². The van der Waals surface area contributed by atoms with Gasteiger partial charge < -0.3 is 14.6 Å². The summed E-state index contributed by atoms with van der Waals surface area (Å²) in [7, 11) is 0. The summed E-state index contributed by atoms with van der Waals surface area (Å²) in [5.41, 5.74) is 8.42. The van der Waals surface area contributed by atoms with Gasteiger partial charge in [-0.15, -0.1) is 0 Å². The Morgan fingerprint density at radius 3 is 2.75 bits per heavy atom. The highest BCUT2D eigenvalue weighted by atomic mass is 16.6. The fourth-order valence-corrected chi connectivity index (χ4v) is 5.09. The van der Waals surface area contributed by atoms with Crippen molar-refractivity contribution in [3.63, 3.8) is 0 Å². The van der Waals surface area contributed by atoms with Crippen molar-refractivity contribution in [2.24, 2.45) is 0 Å². The molecule has 0 bridgehead atoms. The van der Waals surface area contributed by atoms with Crippen molar-refractivity contribution in [3.05, 3.63) is 89.3 Å². The zero-order valence-electron chi connectivity index (χ0n) is 23.3. The van der Waals surface area contributed by atoms with Crippen molar-refractivity contribution in [1.82, 2.24) is 34.4 Å². The summed E-state index contributed by atoms with van der Waals surface area (Å²) in [6.07, 6.45) is 5.62. The number of carbonyl (C=O) groups is 1. The first-order valence-corrected chi connectivity index (χ1v) is 13.6. The Bertz CT molecular complexity index is 1700. The van der Waals surface area contributed by atoms with Gasteiger partial charge in [0.15, 0.2) is 5.65 Å². The standard InChI is InChI=1S/C31H33N7O2/c1-20-6-5-7-25(34-20)29-28(23-11-13-27-32-19-33-38(27)18-23)35-26(36-29)12-9-21-8-10-22-14-15-37(17-24(22)16-21)30(39)40-31(2,3)4/h5-8,10-11,13,16,18-19H,9,12,14-15,17H2,1-4H3,(H,35,36). The van der Waals surface area contributed by atoms with Crippen LogP contribution in [0.3, 0.4) is 0 Å². The Balaban J connectivity index is 1.24. The first kappa shape index (κ1) is 25.7. The average Bonchev–Trinajstić information content (AvgIpc) is 3.57. The second kappa shape index (κ2) is 10.2. The van der Waals surface area contributed by atoms with Crippen LogP contribution in [0.1, 0.15) is 49.0 Å². The van der Waals surface area contributed by atoms with Crippen LogP contribution in [0, 0.1) is 6.92 Å². The molecule has 5 heterocycles. The van der Waals surface area contributed by atoms with Gasteiger partial charge in [-0.1, -0.05) is 24.3 Å². The van der Waals surface area contributed by atoms with Crippen LogP contribution in [0.15, 0.2) is 61.1 Å². The van der Waals surface area contributed by atoms with E-state index >= 15 is 0 Å². The van der Waals surface area contributed by atoms with Crippen LogP contribution in [-0.2, 0) is 30.5 Å². The molecule has 9 nitrogen and oxygen atoms in total. The summed E-state index contributed by atoms with van der Waals surface area (Å²) in [6.45, 7) is 8.92. The van der Waals surface area contributed by atoms with Crippen LogP contribution >= 0.6 is 0 Å². The third-order valence-electron chi connectivity index (χ3n) is 7.03. The number of nitrogens with one attached hydrogen (secondary N) is 1. The van der Waals surface area contributed by atoms with E-state index in [0.717, 1.165) is 59.1 Å². The molecule has 1 aliphatic heterocycles. The number of aryl methyl sites for hydroxylation is 3. The summed E-state index contributed by atoms with van der Waals surface area (Å²) in [6, 6.07) is 16.6. The van der Waals surface area contributed by atoms with Gasteiger partial charge in [-0.25, -0.2) is 19.3 Å². The Labute approximate surface area is 233 Å². The van der Waals surface area contributed by atoms with Crippen molar-refractivity contribution in [3.8, 4) is 22.6 Å². The van der Waals surface area contributed by atoms with Gasteiger partial charge in [0.25, 0.3) is 0 Å². The summed E-state index contributed by atoms with van der Waals surface area (Å²) >= 11 is 0. The molecule has 0 aliphatic carbocycles. The molecule has 1 N–H and O–H groups in total. The number of amides is 1. The number of benzene rings is 1.